The van der Waals surface area contributed by atoms with E-state index in [0.29, 0.717) is 25.1 Å². The van der Waals surface area contributed by atoms with Crippen LogP contribution in [0.25, 0.3) is 0 Å². The van der Waals surface area contributed by atoms with Gasteiger partial charge in [0.1, 0.15) is 5.82 Å². The molecule has 0 saturated heterocycles. The number of anilines is 2. The standard InChI is InChI=1S/C26H45N5O2/c1-4-5-6-7-8-11-18-33-26(32)27-19-20-14-16-21(17-15-20)28-25-29-23-13-10-9-12-22(23)24(30-25)31(2)3/h20-21H,4-19H2,1-3H3,(H,27,32)(H,28,29,30). The average Bonchev–Trinajstić information content (AvgIpc) is 2.82. The molecule has 1 aromatic heterocycles. The van der Waals surface area contributed by atoms with Crippen LogP contribution in [0.2, 0.25) is 0 Å². The van der Waals surface area contributed by atoms with Crippen LogP contribution in [-0.4, -0.2) is 49.4 Å². The van der Waals surface area contributed by atoms with Crippen LogP contribution in [0.1, 0.15) is 95.2 Å². The summed E-state index contributed by atoms with van der Waals surface area (Å²) in [5.41, 5.74) is 2.55. The Morgan fingerprint density at radius 3 is 2.48 bits per heavy atom. The van der Waals surface area contributed by atoms with Crippen molar-refractivity contribution in [2.45, 2.75) is 103 Å². The van der Waals surface area contributed by atoms with Crippen molar-refractivity contribution in [2.24, 2.45) is 5.92 Å². The second kappa shape index (κ2) is 13.6. The smallest absolute Gasteiger partial charge is 0.407 e. The summed E-state index contributed by atoms with van der Waals surface area (Å²) < 4.78 is 5.33. The van der Waals surface area contributed by atoms with Crippen molar-refractivity contribution in [3.05, 3.63) is 11.3 Å². The number of aryl methyl sites for hydroxylation is 1. The number of hydrogen-bond donors (Lipinski definition) is 2. The van der Waals surface area contributed by atoms with Crippen molar-refractivity contribution in [1.82, 2.24) is 15.3 Å². The molecule has 0 atom stereocenters. The Morgan fingerprint density at radius 1 is 1.00 bits per heavy atom. The maximum atomic E-state index is 12.0. The van der Waals surface area contributed by atoms with E-state index in [1.807, 2.05) is 0 Å². The van der Waals surface area contributed by atoms with Gasteiger partial charge >= 0.3 is 6.09 Å². The number of rotatable bonds is 12. The molecule has 0 radical (unpaired) electrons. The lowest BCUT2D eigenvalue weighted by atomic mass is 9.86. The fourth-order valence-electron chi connectivity index (χ4n) is 5.03. The molecule has 1 amide bonds. The summed E-state index contributed by atoms with van der Waals surface area (Å²) in [5.74, 6) is 2.37. The van der Waals surface area contributed by atoms with Gasteiger partial charge in [0.25, 0.3) is 0 Å². The molecule has 3 rings (SSSR count). The number of carbonyl (C=O) groups is 1. The predicted octanol–water partition coefficient (Wildman–Crippen LogP) is 5.48. The minimum atomic E-state index is -0.262. The lowest BCUT2D eigenvalue weighted by molar-refractivity contribution is 0.141. The highest BCUT2D eigenvalue weighted by atomic mass is 16.5. The molecular formula is C26H45N5O2. The summed E-state index contributed by atoms with van der Waals surface area (Å²) in [6, 6.07) is 0.401. The summed E-state index contributed by atoms with van der Waals surface area (Å²) in [6.07, 6.45) is 15.9. The average molecular weight is 460 g/mol. The number of ether oxygens (including phenoxy) is 1. The second-order valence-corrected chi connectivity index (χ2v) is 10.0. The molecule has 1 heterocycles. The van der Waals surface area contributed by atoms with Crippen LogP contribution in [0.4, 0.5) is 16.6 Å². The van der Waals surface area contributed by atoms with Crippen LogP contribution in [0, 0.1) is 5.92 Å². The van der Waals surface area contributed by atoms with Crippen molar-refractivity contribution >= 4 is 17.9 Å². The van der Waals surface area contributed by atoms with Gasteiger partial charge in [0, 0.05) is 32.2 Å². The number of carbonyl (C=O) groups excluding carboxylic acids is 1. The third-order valence-electron chi connectivity index (χ3n) is 7.03. The third kappa shape index (κ3) is 8.35. The Hall–Kier alpha value is -2.05. The van der Waals surface area contributed by atoms with Crippen molar-refractivity contribution in [1.29, 1.82) is 0 Å². The van der Waals surface area contributed by atoms with E-state index in [1.165, 1.54) is 49.8 Å². The van der Waals surface area contributed by atoms with Gasteiger partial charge in [-0.1, -0.05) is 39.0 Å². The van der Waals surface area contributed by atoms with E-state index in [2.05, 4.69) is 36.6 Å². The zero-order chi connectivity index (χ0) is 23.5. The van der Waals surface area contributed by atoms with Crippen LogP contribution < -0.4 is 15.5 Å². The van der Waals surface area contributed by atoms with Gasteiger partial charge in [-0.15, -0.1) is 0 Å². The molecule has 0 bridgehead atoms. The largest absolute Gasteiger partial charge is 0.450 e. The summed E-state index contributed by atoms with van der Waals surface area (Å²) in [6.45, 7) is 3.47. The number of nitrogens with one attached hydrogen (secondary N) is 2. The SMILES string of the molecule is CCCCCCCCOC(=O)NCC1CCC(Nc2nc3c(c(N(C)C)n2)CCCC3)CC1. The summed E-state index contributed by atoms with van der Waals surface area (Å²) in [7, 11) is 4.13. The normalized spacial score (nSPS) is 20.1. The molecule has 1 aromatic rings. The fourth-order valence-corrected chi connectivity index (χ4v) is 5.03. The Bertz CT molecular complexity index is 732. The first-order valence-electron chi connectivity index (χ1n) is 13.3. The van der Waals surface area contributed by atoms with Gasteiger partial charge in [-0.25, -0.2) is 9.78 Å². The van der Waals surface area contributed by atoms with Gasteiger partial charge in [-0.05, 0) is 63.7 Å². The van der Waals surface area contributed by atoms with Crippen LogP contribution in [-0.2, 0) is 17.6 Å². The van der Waals surface area contributed by atoms with Gasteiger partial charge < -0.3 is 20.3 Å². The molecule has 0 aromatic carbocycles. The highest BCUT2D eigenvalue weighted by Gasteiger charge is 2.24. The van der Waals surface area contributed by atoms with Gasteiger partial charge in [-0.3, -0.25) is 0 Å². The minimum Gasteiger partial charge on any atom is -0.450 e. The predicted molar refractivity (Wildman–Crippen MR) is 135 cm³/mol. The molecule has 1 fully saturated rings. The molecule has 186 valence electrons. The molecule has 1 saturated carbocycles. The van der Waals surface area contributed by atoms with Crippen LogP contribution in [0.3, 0.4) is 0 Å². The van der Waals surface area contributed by atoms with Crippen LogP contribution in [0.5, 0.6) is 0 Å². The molecule has 0 spiro atoms. The monoisotopic (exact) mass is 459 g/mol. The van der Waals surface area contributed by atoms with E-state index < -0.39 is 0 Å². The molecule has 7 heteroatoms. The fraction of sp³-hybridized carbons (Fsp3) is 0.808. The van der Waals surface area contributed by atoms with Crippen molar-refractivity contribution < 1.29 is 9.53 Å². The van der Waals surface area contributed by atoms with Crippen LogP contribution >= 0.6 is 0 Å². The van der Waals surface area contributed by atoms with Gasteiger partial charge in [0.15, 0.2) is 0 Å². The Labute approximate surface area is 200 Å². The number of hydrogen-bond acceptors (Lipinski definition) is 6. The van der Waals surface area contributed by atoms with E-state index in [1.54, 1.807) is 0 Å². The molecule has 33 heavy (non-hydrogen) atoms. The van der Waals surface area contributed by atoms with Crippen molar-refractivity contribution in [3.8, 4) is 0 Å². The van der Waals surface area contributed by atoms with Crippen molar-refractivity contribution in [3.63, 3.8) is 0 Å². The van der Waals surface area contributed by atoms with Gasteiger partial charge in [-0.2, -0.15) is 4.98 Å². The topological polar surface area (TPSA) is 79.4 Å². The number of aromatic nitrogens is 2. The Morgan fingerprint density at radius 2 is 1.73 bits per heavy atom. The first-order valence-corrected chi connectivity index (χ1v) is 13.3. The molecule has 0 aliphatic heterocycles. The number of alkyl carbamates (subject to hydrolysis) is 1. The van der Waals surface area contributed by atoms with E-state index in [-0.39, 0.29) is 6.09 Å². The summed E-state index contributed by atoms with van der Waals surface area (Å²) in [4.78, 5) is 23.8. The maximum absolute atomic E-state index is 12.0. The zero-order valence-electron chi connectivity index (χ0n) is 21.1. The molecule has 2 N–H and O–H groups in total. The van der Waals surface area contributed by atoms with Gasteiger partial charge in [0.2, 0.25) is 5.95 Å². The van der Waals surface area contributed by atoms with E-state index >= 15 is 0 Å². The van der Waals surface area contributed by atoms with Crippen LogP contribution in [0.15, 0.2) is 0 Å². The quantitative estimate of drug-likeness (QED) is 0.403. The molecule has 7 nitrogen and oxygen atoms in total. The minimum absolute atomic E-state index is 0.262. The van der Waals surface area contributed by atoms with E-state index in [4.69, 9.17) is 14.7 Å². The third-order valence-corrected chi connectivity index (χ3v) is 7.03. The first kappa shape index (κ1) is 25.6. The molecular weight excluding hydrogens is 414 g/mol. The zero-order valence-corrected chi connectivity index (χ0v) is 21.1. The van der Waals surface area contributed by atoms with E-state index in [0.717, 1.165) is 63.1 Å². The van der Waals surface area contributed by atoms with Crippen molar-refractivity contribution in [2.75, 3.05) is 37.5 Å². The molecule has 2 aliphatic carbocycles. The Kier molecular flexibility index (Phi) is 10.5. The first-order chi connectivity index (χ1) is 16.1. The highest BCUT2D eigenvalue weighted by Crippen LogP contribution is 2.30. The second-order valence-electron chi connectivity index (χ2n) is 10.0. The molecule has 2 aliphatic rings. The highest BCUT2D eigenvalue weighted by molar-refractivity contribution is 5.67. The molecule has 0 unspecified atom stereocenters. The Balaban J connectivity index is 1.34. The number of nitrogens with zero attached hydrogens (tertiary/aromatic N) is 3. The number of unbranched alkanes of at least 4 members (excludes halogenated alkanes) is 5. The number of amides is 1. The number of fused-ring (bicyclic) bond motifs is 1. The lowest BCUT2D eigenvalue weighted by Gasteiger charge is -2.30. The lowest BCUT2D eigenvalue weighted by Crippen LogP contribution is -2.34. The van der Waals surface area contributed by atoms with E-state index in [9.17, 15) is 4.79 Å². The van der Waals surface area contributed by atoms with Gasteiger partial charge in [0.05, 0.1) is 12.3 Å². The summed E-state index contributed by atoms with van der Waals surface area (Å²) in [5, 5.41) is 6.57. The maximum Gasteiger partial charge on any atom is 0.407 e. The summed E-state index contributed by atoms with van der Waals surface area (Å²) >= 11 is 0.